The van der Waals surface area contributed by atoms with Crippen LogP contribution in [0.1, 0.15) is 79.4 Å². The Morgan fingerprint density at radius 2 is 1.91 bits per heavy atom. The van der Waals surface area contributed by atoms with E-state index in [4.69, 9.17) is 23.4 Å². The molecule has 10 heteroatoms. The van der Waals surface area contributed by atoms with Crippen molar-refractivity contribution >= 4 is 11.9 Å². The van der Waals surface area contributed by atoms with Crippen molar-refractivity contribution in [2.24, 2.45) is 28.6 Å². The Morgan fingerprint density at radius 1 is 1.16 bits per heavy atom. The van der Waals surface area contributed by atoms with Gasteiger partial charge in [-0.05, 0) is 55.6 Å². The third-order valence-electron chi connectivity index (χ3n) is 10.1. The molecule has 2 aliphatic carbocycles. The van der Waals surface area contributed by atoms with Gasteiger partial charge in [0, 0.05) is 55.8 Å². The molecule has 10 nitrogen and oxygen atoms in total. The van der Waals surface area contributed by atoms with Crippen LogP contribution in [-0.4, -0.2) is 53.1 Å². The molecule has 1 N–H and O–H groups in total. The van der Waals surface area contributed by atoms with Gasteiger partial charge in [-0.25, -0.2) is 4.79 Å². The summed E-state index contributed by atoms with van der Waals surface area (Å²) >= 11 is 0. The first-order valence-electron chi connectivity index (χ1n) is 15.1. The summed E-state index contributed by atoms with van der Waals surface area (Å²) < 4.78 is 30.5. The minimum absolute atomic E-state index is 0.0402. The topological polar surface area (TPSA) is 134 Å². The van der Waals surface area contributed by atoms with Gasteiger partial charge in [0.25, 0.3) is 0 Å². The lowest BCUT2D eigenvalue weighted by Gasteiger charge is -2.66. The monoisotopic (exact) mass is 597 g/mol. The molecule has 43 heavy (non-hydrogen) atoms. The molecule has 0 radical (unpaired) electrons. The maximum absolute atomic E-state index is 13.5. The molecule has 0 saturated heterocycles. The number of aromatic nitrogens is 1. The van der Waals surface area contributed by atoms with Crippen LogP contribution in [0, 0.1) is 28.6 Å². The Hall–Kier alpha value is -3.24. The van der Waals surface area contributed by atoms with Gasteiger partial charge in [0.05, 0.1) is 18.8 Å². The van der Waals surface area contributed by atoms with Gasteiger partial charge in [-0.15, -0.1) is 0 Å². The van der Waals surface area contributed by atoms with E-state index in [2.05, 4.69) is 32.7 Å². The van der Waals surface area contributed by atoms with Gasteiger partial charge < -0.3 is 28.5 Å². The molecule has 5 rings (SSSR count). The second-order valence-corrected chi connectivity index (χ2v) is 13.6. The van der Waals surface area contributed by atoms with Crippen molar-refractivity contribution in [3.63, 3.8) is 0 Å². The van der Waals surface area contributed by atoms with Crippen LogP contribution < -0.4 is 10.4 Å². The molecule has 0 spiro atoms. The Kier molecular flexibility index (Phi) is 8.24. The number of ether oxygens (including phenoxy) is 4. The van der Waals surface area contributed by atoms with E-state index in [-0.39, 0.29) is 35.7 Å². The standard InChI is InChI=1S/C33H43NO9/c1-18(2)16-39-25-10-11-31(5)24(32(25,6)17-40-19(3)35)14-26(41-20(4)36)33(7)29(31)28(37)27-23(43-33)13-22(42-30(27)38)21-9-8-12-34-15-21/h8-9,12-13,15,18,24-26,28-29,37H,10-11,14,16-17H2,1-7H3/t24-,25+,26+,28+,29-,31+,32+,33-/m1/s1. The van der Waals surface area contributed by atoms with Crippen LogP contribution in [0.2, 0.25) is 0 Å². The largest absolute Gasteiger partial charge is 0.482 e. The maximum atomic E-state index is 13.5. The fourth-order valence-corrected chi connectivity index (χ4v) is 8.23. The first-order valence-corrected chi connectivity index (χ1v) is 15.1. The highest BCUT2D eigenvalue weighted by Crippen LogP contribution is 2.67. The van der Waals surface area contributed by atoms with Crippen LogP contribution in [0.4, 0.5) is 0 Å². The highest BCUT2D eigenvalue weighted by atomic mass is 16.6. The molecule has 8 atom stereocenters. The Labute approximate surface area is 252 Å². The SMILES string of the molecule is CC(=O)OC[C@@]1(C)[C@@H]2C[C@H](OC(C)=O)[C@@]3(C)Oc4cc(-c5cccnc5)oc(=O)c4[C@H](O)[C@@H]3[C@@]2(C)CC[C@@H]1OCC(C)C. The van der Waals surface area contributed by atoms with E-state index in [0.29, 0.717) is 37.4 Å². The molecule has 2 aromatic rings. The Balaban J connectivity index is 1.64. The summed E-state index contributed by atoms with van der Waals surface area (Å²) in [6, 6.07) is 5.09. The number of pyridine rings is 1. The predicted molar refractivity (Wildman–Crippen MR) is 156 cm³/mol. The number of rotatable bonds is 7. The zero-order chi connectivity index (χ0) is 31.3. The number of aliphatic hydroxyl groups excluding tert-OH is 1. The predicted octanol–water partition coefficient (Wildman–Crippen LogP) is 4.86. The lowest BCUT2D eigenvalue weighted by atomic mass is 9.42. The number of hydrogen-bond donors (Lipinski definition) is 1. The minimum atomic E-state index is -1.27. The number of nitrogens with zero attached hydrogens (tertiary/aromatic N) is 1. The maximum Gasteiger partial charge on any atom is 0.345 e. The normalized spacial score (nSPS) is 34.8. The highest BCUT2D eigenvalue weighted by molar-refractivity contribution is 5.66. The number of esters is 2. The van der Waals surface area contributed by atoms with Crippen LogP contribution >= 0.6 is 0 Å². The van der Waals surface area contributed by atoms with Crippen molar-refractivity contribution in [2.75, 3.05) is 13.2 Å². The third-order valence-corrected chi connectivity index (χ3v) is 10.1. The summed E-state index contributed by atoms with van der Waals surface area (Å²) in [7, 11) is 0. The van der Waals surface area contributed by atoms with Crippen molar-refractivity contribution in [2.45, 2.75) is 91.6 Å². The molecular weight excluding hydrogens is 554 g/mol. The van der Waals surface area contributed by atoms with Crippen molar-refractivity contribution in [3.8, 4) is 17.1 Å². The number of hydrogen-bond acceptors (Lipinski definition) is 10. The summed E-state index contributed by atoms with van der Waals surface area (Å²) in [5.74, 6) is -1.02. The fourth-order valence-electron chi connectivity index (χ4n) is 8.23. The van der Waals surface area contributed by atoms with Gasteiger partial charge in [0.1, 0.15) is 28.8 Å². The van der Waals surface area contributed by atoms with E-state index in [1.54, 1.807) is 30.6 Å². The molecule has 2 saturated carbocycles. The van der Waals surface area contributed by atoms with Crippen LogP contribution in [0.15, 0.2) is 39.8 Å². The summed E-state index contributed by atoms with van der Waals surface area (Å²) in [6.07, 6.45) is 2.60. The van der Waals surface area contributed by atoms with Gasteiger partial charge in [-0.2, -0.15) is 0 Å². The van der Waals surface area contributed by atoms with E-state index in [0.717, 1.165) is 0 Å². The molecule has 0 aromatic carbocycles. The molecule has 0 unspecified atom stereocenters. The molecule has 1 aliphatic heterocycles. The molecular formula is C33H43NO9. The molecule has 3 aliphatic rings. The van der Waals surface area contributed by atoms with Gasteiger partial charge in [-0.1, -0.05) is 27.7 Å². The van der Waals surface area contributed by atoms with Gasteiger partial charge in [0.2, 0.25) is 0 Å². The zero-order valence-corrected chi connectivity index (χ0v) is 26.0. The summed E-state index contributed by atoms with van der Waals surface area (Å²) in [5, 5.41) is 12.1. The second-order valence-electron chi connectivity index (χ2n) is 13.6. The van der Waals surface area contributed by atoms with E-state index in [1.807, 2.05) is 6.92 Å². The average Bonchev–Trinajstić information content (AvgIpc) is 2.92. The van der Waals surface area contributed by atoms with Crippen molar-refractivity contribution in [1.82, 2.24) is 4.98 Å². The third kappa shape index (κ3) is 5.37. The lowest BCUT2D eigenvalue weighted by molar-refractivity contribution is -0.273. The van der Waals surface area contributed by atoms with Crippen LogP contribution in [-0.2, 0) is 23.8 Å². The summed E-state index contributed by atoms with van der Waals surface area (Å²) in [6.45, 7) is 13.5. The smallest absolute Gasteiger partial charge is 0.345 e. The first kappa shape index (κ1) is 31.2. The van der Waals surface area contributed by atoms with Gasteiger partial charge in [-0.3, -0.25) is 14.6 Å². The van der Waals surface area contributed by atoms with Crippen LogP contribution in [0.25, 0.3) is 11.3 Å². The van der Waals surface area contributed by atoms with E-state index in [9.17, 15) is 19.5 Å². The molecule has 0 amide bonds. The average molecular weight is 598 g/mol. The number of aliphatic hydroxyl groups is 1. The number of fused-ring (bicyclic) bond motifs is 4. The quantitative estimate of drug-likeness (QED) is 0.441. The number of carbonyl (C=O) groups excluding carboxylic acids is 2. The molecule has 2 aromatic heterocycles. The van der Waals surface area contributed by atoms with Crippen molar-refractivity contribution in [3.05, 3.63) is 46.6 Å². The number of carbonyl (C=O) groups is 2. The molecule has 234 valence electrons. The van der Waals surface area contributed by atoms with E-state index < -0.39 is 52.1 Å². The minimum Gasteiger partial charge on any atom is -0.482 e. The van der Waals surface area contributed by atoms with E-state index >= 15 is 0 Å². The molecule has 0 bridgehead atoms. The summed E-state index contributed by atoms with van der Waals surface area (Å²) in [4.78, 5) is 42.1. The molecule has 2 fully saturated rings. The highest BCUT2D eigenvalue weighted by Gasteiger charge is 2.70. The van der Waals surface area contributed by atoms with Crippen molar-refractivity contribution < 1.29 is 38.1 Å². The van der Waals surface area contributed by atoms with E-state index in [1.165, 1.54) is 13.8 Å². The second kappa shape index (κ2) is 11.4. The van der Waals surface area contributed by atoms with Crippen LogP contribution in [0.5, 0.6) is 5.75 Å². The van der Waals surface area contributed by atoms with Gasteiger partial charge >= 0.3 is 17.6 Å². The van der Waals surface area contributed by atoms with Crippen LogP contribution in [0.3, 0.4) is 0 Å². The Morgan fingerprint density at radius 3 is 2.53 bits per heavy atom. The zero-order valence-electron chi connectivity index (χ0n) is 26.0. The van der Waals surface area contributed by atoms with Gasteiger partial charge in [0.15, 0.2) is 0 Å². The van der Waals surface area contributed by atoms with Crippen molar-refractivity contribution in [1.29, 1.82) is 0 Å². The first-order chi connectivity index (χ1) is 20.2. The Bertz CT molecular complexity index is 1420. The lowest BCUT2D eigenvalue weighted by Crippen LogP contribution is -2.71. The molecule has 3 heterocycles. The fraction of sp³-hybridized carbons (Fsp3) is 0.636. The summed E-state index contributed by atoms with van der Waals surface area (Å²) in [5.41, 5.74) is -2.56.